The van der Waals surface area contributed by atoms with Crippen molar-refractivity contribution in [3.8, 4) is 0 Å². The second kappa shape index (κ2) is 7.67. The highest BCUT2D eigenvalue weighted by atomic mass is 19.1. The standard InChI is InChI=1S/C20H18F2N2O4/c1-11(18-8-12-6-4-5-7-17(12)28-18)24(2)20(26)23-16-9-13(19(25)27-3)14(21)10-15(16)22/h4-11H,1-3H3,(H,23,26). The second-order valence-corrected chi connectivity index (χ2v) is 6.21. The van der Waals surface area contributed by atoms with Crippen LogP contribution in [0.3, 0.4) is 0 Å². The van der Waals surface area contributed by atoms with Crippen LogP contribution in [0.4, 0.5) is 19.3 Å². The number of benzene rings is 2. The van der Waals surface area contributed by atoms with Crippen molar-refractivity contribution in [2.24, 2.45) is 0 Å². The smallest absolute Gasteiger partial charge is 0.340 e. The average molecular weight is 388 g/mol. The van der Waals surface area contributed by atoms with E-state index in [0.29, 0.717) is 17.4 Å². The third-order valence-corrected chi connectivity index (χ3v) is 4.46. The maximum Gasteiger partial charge on any atom is 0.340 e. The van der Waals surface area contributed by atoms with Crippen LogP contribution in [-0.4, -0.2) is 31.1 Å². The van der Waals surface area contributed by atoms with Crippen molar-refractivity contribution in [1.82, 2.24) is 4.90 Å². The molecule has 2 amide bonds. The molecule has 0 aliphatic heterocycles. The fourth-order valence-corrected chi connectivity index (χ4v) is 2.69. The fraction of sp³-hybridized carbons (Fsp3) is 0.200. The summed E-state index contributed by atoms with van der Waals surface area (Å²) in [6, 6.07) is 9.53. The maximum absolute atomic E-state index is 14.0. The van der Waals surface area contributed by atoms with E-state index in [1.807, 2.05) is 30.3 Å². The van der Waals surface area contributed by atoms with E-state index in [4.69, 9.17) is 4.42 Å². The van der Waals surface area contributed by atoms with Gasteiger partial charge >= 0.3 is 12.0 Å². The summed E-state index contributed by atoms with van der Waals surface area (Å²) in [5.41, 5.74) is -0.131. The molecule has 0 fully saturated rings. The normalized spacial score (nSPS) is 11.9. The number of nitrogens with zero attached hydrogens (tertiary/aromatic N) is 1. The topological polar surface area (TPSA) is 71.8 Å². The molecular formula is C20H18F2N2O4. The molecule has 0 spiro atoms. The quantitative estimate of drug-likeness (QED) is 0.657. The number of ether oxygens (including phenoxy) is 1. The summed E-state index contributed by atoms with van der Waals surface area (Å²) >= 11 is 0. The molecule has 1 heterocycles. The molecule has 3 rings (SSSR count). The summed E-state index contributed by atoms with van der Waals surface area (Å²) in [6.07, 6.45) is 0. The van der Waals surface area contributed by atoms with Gasteiger partial charge in [-0.05, 0) is 25.1 Å². The number of furan rings is 1. The number of halogens is 2. The molecule has 1 N–H and O–H groups in total. The third-order valence-electron chi connectivity index (χ3n) is 4.46. The number of para-hydroxylation sites is 1. The van der Waals surface area contributed by atoms with Crippen molar-refractivity contribution in [2.75, 3.05) is 19.5 Å². The number of rotatable bonds is 4. The summed E-state index contributed by atoms with van der Waals surface area (Å²) in [6.45, 7) is 1.75. The number of nitrogens with one attached hydrogen (secondary N) is 1. The molecular weight excluding hydrogens is 370 g/mol. The lowest BCUT2D eigenvalue weighted by molar-refractivity contribution is 0.0595. The number of carbonyl (C=O) groups is 2. The van der Waals surface area contributed by atoms with Crippen molar-refractivity contribution in [3.63, 3.8) is 0 Å². The zero-order valence-electron chi connectivity index (χ0n) is 15.5. The Balaban J connectivity index is 1.81. The van der Waals surface area contributed by atoms with E-state index in [1.54, 1.807) is 6.92 Å². The summed E-state index contributed by atoms with van der Waals surface area (Å²) in [5, 5.41) is 3.23. The van der Waals surface area contributed by atoms with Gasteiger partial charge in [0, 0.05) is 18.5 Å². The van der Waals surface area contributed by atoms with Gasteiger partial charge in [0.05, 0.1) is 24.4 Å². The fourth-order valence-electron chi connectivity index (χ4n) is 2.69. The second-order valence-electron chi connectivity index (χ2n) is 6.21. The van der Waals surface area contributed by atoms with Crippen LogP contribution in [0.5, 0.6) is 0 Å². The summed E-state index contributed by atoms with van der Waals surface area (Å²) in [4.78, 5) is 25.4. The number of fused-ring (bicyclic) bond motifs is 1. The first-order valence-corrected chi connectivity index (χ1v) is 8.41. The van der Waals surface area contributed by atoms with E-state index in [2.05, 4.69) is 10.1 Å². The van der Waals surface area contributed by atoms with E-state index in [-0.39, 0.29) is 5.69 Å². The molecule has 0 radical (unpaired) electrons. The van der Waals surface area contributed by atoms with E-state index in [1.165, 1.54) is 11.9 Å². The van der Waals surface area contributed by atoms with Crippen molar-refractivity contribution >= 4 is 28.7 Å². The Bertz CT molecular complexity index is 1010. The first-order valence-electron chi connectivity index (χ1n) is 8.41. The van der Waals surface area contributed by atoms with E-state index >= 15 is 0 Å². The molecule has 6 nitrogen and oxygen atoms in total. The molecule has 1 unspecified atom stereocenters. The molecule has 1 atom stereocenters. The number of methoxy groups -OCH3 is 1. The van der Waals surface area contributed by atoms with Gasteiger partial charge in [-0.25, -0.2) is 18.4 Å². The van der Waals surface area contributed by atoms with E-state index in [0.717, 1.165) is 18.6 Å². The van der Waals surface area contributed by atoms with Gasteiger partial charge in [0.2, 0.25) is 0 Å². The van der Waals surface area contributed by atoms with Crippen LogP contribution in [0.15, 0.2) is 46.9 Å². The summed E-state index contributed by atoms with van der Waals surface area (Å²) < 4.78 is 38.0. The molecule has 0 aliphatic rings. The van der Waals surface area contributed by atoms with Gasteiger partial charge < -0.3 is 19.4 Å². The zero-order chi connectivity index (χ0) is 20.4. The Kier molecular flexibility index (Phi) is 5.30. The third kappa shape index (κ3) is 3.66. The summed E-state index contributed by atoms with van der Waals surface area (Å²) in [7, 11) is 2.59. The van der Waals surface area contributed by atoms with Gasteiger partial charge in [0.25, 0.3) is 0 Å². The van der Waals surface area contributed by atoms with Crippen molar-refractivity contribution in [2.45, 2.75) is 13.0 Å². The minimum absolute atomic E-state index is 0.338. The lowest BCUT2D eigenvalue weighted by Crippen LogP contribution is -2.33. The Labute approximate surface area is 159 Å². The Morgan fingerprint density at radius 1 is 1.14 bits per heavy atom. The molecule has 0 aliphatic carbocycles. The minimum Gasteiger partial charge on any atom is -0.465 e. The van der Waals surface area contributed by atoms with Crippen LogP contribution in [0.1, 0.15) is 29.1 Å². The number of hydrogen-bond acceptors (Lipinski definition) is 4. The highest BCUT2D eigenvalue weighted by Crippen LogP contribution is 2.27. The molecule has 146 valence electrons. The average Bonchev–Trinajstić information content (AvgIpc) is 3.12. The lowest BCUT2D eigenvalue weighted by atomic mass is 10.1. The monoisotopic (exact) mass is 388 g/mol. The number of esters is 1. The molecule has 2 aromatic carbocycles. The highest BCUT2D eigenvalue weighted by Gasteiger charge is 2.23. The molecule has 0 saturated carbocycles. The molecule has 0 saturated heterocycles. The maximum atomic E-state index is 14.0. The molecule has 0 bridgehead atoms. The van der Waals surface area contributed by atoms with Gasteiger partial charge in [-0.2, -0.15) is 0 Å². The van der Waals surface area contributed by atoms with Gasteiger partial charge in [0.15, 0.2) is 0 Å². The molecule has 1 aromatic heterocycles. The van der Waals surface area contributed by atoms with Crippen LogP contribution in [-0.2, 0) is 4.74 Å². The molecule has 28 heavy (non-hydrogen) atoms. The largest absolute Gasteiger partial charge is 0.465 e. The van der Waals surface area contributed by atoms with Crippen LogP contribution in [0, 0.1) is 11.6 Å². The number of hydrogen-bond donors (Lipinski definition) is 1. The van der Waals surface area contributed by atoms with Crippen LogP contribution in [0.2, 0.25) is 0 Å². The Hall–Kier alpha value is -3.42. The number of carbonyl (C=O) groups excluding carboxylic acids is 2. The molecule has 8 heteroatoms. The first kappa shape index (κ1) is 19.3. The summed E-state index contributed by atoms with van der Waals surface area (Å²) in [5.74, 6) is -2.51. The first-order chi connectivity index (χ1) is 13.3. The van der Waals surface area contributed by atoms with Crippen molar-refractivity contribution in [3.05, 3.63) is 65.4 Å². The number of anilines is 1. The molecule has 3 aromatic rings. The predicted molar refractivity (Wildman–Crippen MR) is 99.1 cm³/mol. The van der Waals surface area contributed by atoms with Crippen molar-refractivity contribution in [1.29, 1.82) is 0 Å². The SMILES string of the molecule is COC(=O)c1cc(NC(=O)N(C)C(C)c2cc3ccccc3o2)c(F)cc1F. The predicted octanol–water partition coefficient (Wildman–Crippen LogP) is 4.72. The van der Waals surface area contributed by atoms with Crippen molar-refractivity contribution < 1.29 is 27.5 Å². The Morgan fingerprint density at radius 2 is 1.86 bits per heavy atom. The van der Waals surface area contributed by atoms with E-state index in [9.17, 15) is 18.4 Å². The number of urea groups is 1. The van der Waals surface area contributed by atoms with Crippen LogP contribution in [0.25, 0.3) is 11.0 Å². The number of amides is 2. The van der Waals surface area contributed by atoms with Gasteiger partial charge in [-0.15, -0.1) is 0 Å². The van der Waals surface area contributed by atoms with Gasteiger partial charge in [-0.3, -0.25) is 0 Å². The van der Waals surface area contributed by atoms with E-state index < -0.39 is 35.2 Å². The zero-order valence-corrected chi connectivity index (χ0v) is 15.5. The Morgan fingerprint density at radius 3 is 2.54 bits per heavy atom. The van der Waals surface area contributed by atoms with Crippen LogP contribution < -0.4 is 5.32 Å². The van der Waals surface area contributed by atoms with Gasteiger partial charge in [0.1, 0.15) is 23.0 Å². The minimum atomic E-state index is -1.08. The van der Waals surface area contributed by atoms with Crippen LogP contribution >= 0.6 is 0 Å². The lowest BCUT2D eigenvalue weighted by Gasteiger charge is -2.23. The highest BCUT2D eigenvalue weighted by molar-refractivity contribution is 5.94. The van der Waals surface area contributed by atoms with Gasteiger partial charge in [-0.1, -0.05) is 18.2 Å².